The van der Waals surface area contributed by atoms with Crippen molar-refractivity contribution in [3.63, 3.8) is 0 Å². The Balaban J connectivity index is 1.69. The van der Waals surface area contributed by atoms with E-state index in [4.69, 9.17) is 21.1 Å². The van der Waals surface area contributed by atoms with Gasteiger partial charge in [-0.25, -0.2) is 0 Å². The van der Waals surface area contributed by atoms with E-state index in [9.17, 15) is 0 Å². The Kier molecular flexibility index (Phi) is 6.81. The molecule has 0 saturated heterocycles. The van der Waals surface area contributed by atoms with Crippen LogP contribution in [0.25, 0.3) is 21.2 Å². The van der Waals surface area contributed by atoms with Crippen molar-refractivity contribution in [1.29, 1.82) is 0 Å². The van der Waals surface area contributed by atoms with Crippen LogP contribution in [0.5, 0.6) is 11.5 Å². The zero-order chi connectivity index (χ0) is 21.8. The summed E-state index contributed by atoms with van der Waals surface area (Å²) in [6, 6.07) is 22.8. The minimum atomic E-state index is 0.676. The molecule has 5 heteroatoms. The second kappa shape index (κ2) is 9.73. The van der Waals surface area contributed by atoms with Gasteiger partial charge in [0.25, 0.3) is 0 Å². The van der Waals surface area contributed by atoms with Gasteiger partial charge in [0.2, 0.25) is 0 Å². The number of halogens is 1. The molecule has 1 heterocycles. The van der Waals surface area contributed by atoms with Gasteiger partial charge in [-0.2, -0.15) is 0 Å². The molecule has 4 rings (SSSR count). The topological polar surface area (TPSA) is 21.7 Å². The number of hydrogen-bond acceptors (Lipinski definition) is 4. The van der Waals surface area contributed by atoms with Gasteiger partial charge >= 0.3 is 0 Å². The molecule has 0 aliphatic rings. The molecule has 0 N–H and O–H groups in total. The molecule has 1 aromatic heterocycles. The van der Waals surface area contributed by atoms with Gasteiger partial charge in [-0.05, 0) is 67.7 Å². The lowest BCUT2D eigenvalue weighted by Gasteiger charge is -2.12. The van der Waals surface area contributed by atoms with Gasteiger partial charge in [-0.3, -0.25) is 0 Å². The van der Waals surface area contributed by atoms with Gasteiger partial charge in [0, 0.05) is 38.5 Å². The number of nitrogens with zero attached hydrogens (tertiary/aromatic N) is 1. The Bertz CT molecular complexity index is 1150. The van der Waals surface area contributed by atoms with E-state index >= 15 is 0 Å². The van der Waals surface area contributed by atoms with Crippen LogP contribution in [0.4, 0.5) is 0 Å². The summed E-state index contributed by atoms with van der Waals surface area (Å²) in [4.78, 5) is 3.44. The van der Waals surface area contributed by atoms with Crippen molar-refractivity contribution in [2.45, 2.75) is 6.42 Å². The van der Waals surface area contributed by atoms with E-state index in [0.29, 0.717) is 6.61 Å². The van der Waals surface area contributed by atoms with E-state index < -0.39 is 0 Å². The summed E-state index contributed by atoms with van der Waals surface area (Å²) in [6.07, 6.45) is 0.856. The van der Waals surface area contributed by atoms with E-state index in [1.807, 2.05) is 43.6 Å². The SMILES string of the molecule is COc1ccc2c(-c3ccc(OCCN(C)C)cc3)c(Cc3ccc(Cl)cc3)sc2c1. The highest BCUT2D eigenvalue weighted by Crippen LogP contribution is 2.41. The Morgan fingerprint density at radius 3 is 2.29 bits per heavy atom. The lowest BCUT2D eigenvalue weighted by Crippen LogP contribution is -2.19. The number of rotatable bonds is 8. The van der Waals surface area contributed by atoms with Crippen LogP contribution in [0.3, 0.4) is 0 Å². The maximum Gasteiger partial charge on any atom is 0.120 e. The molecule has 0 amide bonds. The summed E-state index contributed by atoms with van der Waals surface area (Å²) in [6.45, 7) is 1.57. The molecule has 0 bridgehead atoms. The monoisotopic (exact) mass is 451 g/mol. The van der Waals surface area contributed by atoms with Crippen molar-refractivity contribution >= 4 is 33.0 Å². The summed E-state index contributed by atoms with van der Waals surface area (Å²) in [5.41, 5.74) is 3.71. The van der Waals surface area contributed by atoms with Crippen LogP contribution in [0, 0.1) is 0 Å². The zero-order valence-corrected chi connectivity index (χ0v) is 19.6. The summed E-state index contributed by atoms with van der Waals surface area (Å²) in [7, 11) is 5.80. The molecule has 0 spiro atoms. The highest BCUT2D eigenvalue weighted by Gasteiger charge is 2.15. The fourth-order valence-corrected chi connectivity index (χ4v) is 4.96. The molecule has 0 atom stereocenters. The molecule has 0 fully saturated rings. The highest BCUT2D eigenvalue weighted by molar-refractivity contribution is 7.19. The van der Waals surface area contributed by atoms with E-state index in [0.717, 1.165) is 29.5 Å². The third-order valence-electron chi connectivity index (χ3n) is 5.20. The van der Waals surface area contributed by atoms with Crippen LogP contribution in [0.15, 0.2) is 66.7 Å². The Labute approximate surface area is 192 Å². The van der Waals surface area contributed by atoms with Crippen LogP contribution in [0.2, 0.25) is 5.02 Å². The quantitative estimate of drug-likeness (QED) is 0.295. The smallest absolute Gasteiger partial charge is 0.120 e. The number of thiophene rings is 1. The second-order valence-corrected chi connectivity index (χ2v) is 9.31. The van der Waals surface area contributed by atoms with Crippen LogP contribution in [-0.2, 0) is 6.42 Å². The molecule has 31 heavy (non-hydrogen) atoms. The molecular formula is C26H26ClNO2S. The second-order valence-electron chi connectivity index (χ2n) is 7.74. The van der Waals surface area contributed by atoms with Crippen molar-refractivity contribution in [2.24, 2.45) is 0 Å². The van der Waals surface area contributed by atoms with Gasteiger partial charge in [0.05, 0.1) is 7.11 Å². The predicted octanol–water partition coefficient (Wildman–Crippen LogP) is 6.76. The maximum atomic E-state index is 6.08. The Morgan fingerprint density at radius 2 is 1.61 bits per heavy atom. The van der Waals surface area contributed by atoms with Crippen molar-refractivity contribution in [3.8, 4) is 22.6 Å². The average molecular weight is 452 g/mol. The molecule has 0 aliphatic carbocycles. The molecule has 4 aromatic rings. The largest absolute Gasteiger partial charge is 0.497 e. The molecule has 3 aromatic carbocycles. The van der Waals surface area contributed by atoms with Gasteiger partial charge in [0.1, 0.15) is 18.1 Å². The van der Waals surface area contributed by atoms with E-state index in [1.165, 1.54) is 31.7 Å². The van der Waals surface area contributed by atoms with E-state index in [2.05, 4.69) is 53.4 Å². The molecule has 0 unspecified atom stereocenters. The number of fused-ring (bicyclic) bond motifs is 1. The molecule has 0 saturated carbocycles. The fraction of sp³-hybridized carbons (Fsp3) is 0.231. The third kappa shape index (κ3) is 5.21. The molecule has 3 nitrogen and oxygen atoms in total. The number of benzene rings is 3. The normalized spacial score (nSPS) is 11.3. The zero-order valence-electron chi connectivity index (χ0n) is 18.0. The van der Waals surface area contributed by atoms with Crippen LogP contribution >= 0.6 is 22.9 Å². The van der Waals surface area contributed by atoms with Gasteiger partial charge in [0.15, 0.2) is 0 Å². The molecule has 0 aliphatic heterocycles. The van der Waals surface area contributed by atoms with Crippen molar-refractivity contribution in [2.75, 3.05) is 34.4 Å². The lowest BCUT2D eigenvalue weighted by atomic mass is 9.99. The summed E-state index contributed by atoms with van der Waals surface area (Å²) >= 11 is 7.90. The van der Waals surface area contributed by atoms with E-state index in [1.54, 1.807) is 7.11 Å². The van der Waals surface area contributed by atoms with Crippen molar-refractivity contribution in [3.05, 3.63) is 82.2 Å². The van der Waals surface area contributed by atoms with Crippen LogP contribution in [0.1, 0.15) is 10.4 Å². The number of likely N-dealkylation sites (N-methyl/N-ethyl adjacent to an activating group) is 1. The van der Waals surface area contributed by atoms with Crippen molar-refractivity contribution in [1.82, 2.24) is 4.90 Å². The van der Waals surface area contributed by atoms with Crippen LogP contribution < -0.4 is 9.47 Å². The van der Waals surface area contributed by atoms with Gasteiger partial charge in [-0.15, -0.1) is 11.3 Å². The Morgan fingerprint density at radius 1 is 0.903 bits per heavy atom. The van der Waals surface area contributed by atoms with Crippen molar-refractivity contribution < 1.29 is 9.47 Å². The van der Waals surface area contributed by atoms with Gasteiger partial charge < -0.3 is 14.4 Å². The lowest BCUT2D eigenvalue weighted by molar-refractivity contribution is 0.261. The summed E-state index contributed by atoms with van der Waals surface area (Å²) < 4.78 is 12.6. The maximum absolute atomic E-state index is 6.08. The first-order chi connectivity index (χ1) is 15.0. The summed E-state index contributed by atoms with van der Waals surface area (Å²) in [5, 5.41) is 2.01. The molecule has 0 radical (unpaired) electrons. The number of hydrogen-bond donors (Lipinski definition) is 0. The Hall–Kier alpha value is -2.53. The standard InChI is InChI=1S/C26H26ClNO2S/c1-28(2)14-15-30-21-10-6-19(7-11-21)26-23-13-12-22(29-3)17-24(23)31-25(26)16-18-4-8-20(27)9-5-18/h4-13,17H,14-16H2,1-3H3. The van der Waals surface area contributed by atoms with Gasteiger partial charge in [-0.1, -0.05) is 35.9 Å². The first-order valence-corrected chi connectivity index (χ1v) is 11.4. The first kappa shape index (κ1) is 21.7. The highest BCUT2D eigenvalue weighted by atomic mass is 35.5. The summed E-state index contributed by atoms with van der Waals surface area (Å²) in [5.74, 6) is 1.77. The van der Waals surface area contributed by atoms with Crippen LogP contribution in [-0.4, -0.2) is 39.3 Å². The van der Waals surface area contributed by atoms with E-state index in [-0.39, 0.29) is 0 Å². The minimum Gasteiger partial charge on any atom is -0.497 e. The third-order valence-corrected chi connectivity index (χ3v) is 6.60. The molecule has 160 valence electrons. The minimum absolute atomic E-state index is 0.676. The predicted molar refractivity (Wildman–Crippen MR) is 132 cm³/mol. The first-order valence-electron chi connectivity index (χ1n) is 10.3. The average Bonchev–Trinajstić information content (AvgIpc) is 3.12. The fourth-order valence-electron chi connectivity index (χ4n) is 3.55. The number of methoxy groups -OCH3 is 1. The molecular weight excluding hydrogens is 426 g/mol. The number of ether oxygens (including phenoxy) is 2.